The Bertz CT molecular complexity index is 547. The van der Waals surface area contributed by atoms with Crippen LogP contribution >= 0.6 is 0 Å². The average Bonchev–Trinajstić information content (AvgIpc) is 2.47. The lowest BCUT2D eigenvalue weighted by molar-refractivity contribution is 0.277. The highest BCUT2D eigenvalue weighted by Crippen LogP contribution is 2.24. The van der Waals surface area contributed by atoms with E-state index in [1.807, 2.05) is 12.1 Å². The normalized spacial score (nSPS) is 16.2. The quantitative estimate of drug-likeness (QED) is 0.879. The minimum absolute atomic E-state index is 0.00379. The van der Waals surface area contributed by atoms with Gasteiger partial charge in [0.25, 0.3) is 0 Å². The molecule has 1 N–H and O–H groups in total. The number of hydrogen-bond acceptors (Lipinski definition) is 3. The van der Waals surface area contributed by atoms with Gasteiger partial charge in [0.1, 0.15) is 0 Å². The van der Waals surface area contributed by atoms with Crippen LogP contribution in [0.2, 0.25) is 0 Å². The third kappa shape index (κ3) is 2.18. The number of pyridine rings is 1. The van der Waals surface area contributed by atoms with E-state index in [1.54, 1.807) is 0 Å². The van der Waals surface area contributed by atoms with Gasteiger partial charge in [0.2, 0.25) is 0 Å². The maximum Gasteiger partial charge on any atom is 0.0853 e. The second-order valence-electron chi connectivity index (χ2n) is 4.89. The van der Waals surface area contributed by atoms with E-state index in [2.05, 4.69) is 28.1 Å². The van der Waals surface area contributed by atoms with Crippen molar-refractivity contribution in [3.63, 3.8) is 0 Å². The number of aromatic nitrogens is 1. The van der Waals surface area contributed by atoms with Gasteiger partial charge in [-0.3, -0.25) is 4.98 Å². The van der Waals surface area contributed by atoms with Crippen LogP contribution in [-0.4, -0.2) is 23.2 Å². The van der Waals surface area contributed by atoms with Crippen LogP contribution in [0, 0.1) is 0 Å². The van der Waals surface area contributed by atoms with Crippen molar-refractivity contribution in [2.75, 3.05) is 18.0 Å². The van der Waals surface area contributed by atoms with Crippen molar-refractivity contribution >= 4 is 16.6 Å². The van der Waals surface area contributed by atoms with Gasteiger partial charge in [-0.2, -0.15) is 0 Å². The van der Waals surface area contributed by atoms with Gasteiger partial charge < -0.3 is 10.0 Å². The monoisotopic (exact) mass is 242 g/mol. The molecule has 1 fully saturated rings. The van der Waals surface area contributed by atoms with E-state index >= 15 is 0 Å². The molecule has 2 aromatic rings. The third-order valence-corrected chi connectivity index (χ3v) is 3.61. The zero-order valence-corrected chi connectivity index (χ0v) is 10.5. The summed E-state index contributed by atoms with van der Waals surface area (Å²) in [7, 11) is 0. The first-order chi connectivity index (χ1) is 8.86. The van der Waals surface area contributed by atoms with Crippen LogP contribution in [0.25, 0.3) is 10.9 Å². The molecule has 3 nitrogen and oxygen atoms in total. The number of piperidine rings is 1. The number of rotatable bonds is 2. The van der Waals surface area contributed by atoms with E-state index in [4.69, 9.17) is 5.11 Å². The summed E-state index contributed by atoms with van der Waals surface area (Å²) in [5.41, 5.74) is 2.98. The lowest BCUT2D eigenvalue weighted by atomic mass is 10.1. The summed E-state index contributed by atoms with van der Waals surface area (Å²) < 4.78 is 0. The first-order valence-electron chi connectivity index (χ1n) is 6.62. The molecule has 94 valence electrons. The Morgan fingerprint density at radius 2 is 1.89 bits per heavy atom. The molecule has 0 spiro atoms. The Kier molecular flexibility index (Phi) is 3.15. The highest BCUT2D eigenvalue weighted by Gasteiger charge is 2.11. The molecule has 0 aliphatic carbocycles. The standard InChI is InChI=1S/C15H18N2O/c18-11-13-5-4-12-10-14(6-7-15(12)16-13)17-8-2-1-3-9-17/h4-7,10,18H,1-3,8-9,11H2. The van der Waals surface area contributed by atoms with Crippen LogP contribution in [0.5, 0.6) is 0 Å². The highest BCUT2D eigenvalue weighted by atomic mass is 16.3. The fourth-order valence-corrected chi connectivity index (χ4v) is 2.59. The highest BCUT2D eigenvalue weighted by molar-refractivity contribution is 5.82. The molecule has 0 radical (unpaired) electrons. The number of fused-ring (bicyclic) bond motifs is 1. The molecule has 18 heavy (non-hydrogen) atoms. The van der Waals surface area contributed by atoms with Gasteiger partial charge in [-0.1, -0.05) is 6.07 Å². The number of hydrogen-bond donors (Lipinski definition) is 1. The number of benzene rings is 1. The van der Waals surface area contributed by atoms with E-state index in [9.17, 15) is 0 Å². The van der Waals surface area contributed by atoms with Crippen LogP contribution in [0.3, 0.4) is 0 Å². The summed E-state index contributed by atoms with van der Waals surface area (Å²) in [6.07, 6.45) is 3.94. The molecular weight excluding hydrogens is 224 g/mol. The summed E-state index contributed by atoms with van der Waals surface area (Å²) >= 11 is 0. The van der Waals surface area contributed by atoms with Gasteiger partial charge in [0.05, 0.1) is 17.8 Å². The first kappa shape index (κ1) is 11.5. The minimum atomic E-state index is 0.00379. The second kappa shape index (κ2) is 4.94. The Hall–Kier alpha value is -1.61. The fourth-order valence-electron chi connectivity index (χ4n) is 2.59. The lowest BCUT2D eigenvalue weighted by Gasteiger charge is -2.29. The maximum absolute atomic E-state index is 9.08. The third-order valence-electron chi connectivity index (χ3n) is 3.61. The topological polar surface area (TPSA) is 36.4 Å². The smallest absolute Gasteiger partial charge is 0.0853 e. The molecule has 0 bridgehead atoms. The molecule has 0 unspecified atom stereocenters. The molecule has 1 aromatic carbocycles. The molecule has 1 saturated heterocycles. The Morgan fingerprint density at radius 1 is 1.06 bits per heavy atom. The van der Waals surface area contributed by atoms with Gasteiger partial charge in [-0.15, -0.1) is 0 Å². The first-order valence-corrected chi connectivity index (χ1v) is 6.62. The Labute approximate surface area is 107 Å². The van der Waals surface area contributed by atoms with E-state index in [0.717, 1.165) is 29.7 Å². The number of anilines is 1. The van der Waals surface area contributed by atoms with Crippen LogP contribution in [-0.2, 0) is 6.61 Å². The molecule has 1 aromatic heterocycles. The van der Waals surface area contributed by atoms with Gasteiger partial charge in [-0.05, 0) is 43.5 Å². The molecule has 1 aliphatic rings. The van der Waals surface area contributed by atoms with Gasteiger partial charge in [-0.25, -0.2) is 0 Å². The molecule has 0 amide bonds. The molecule has 0 saturated carbocycles. The van der Waals surface area contributed by atoms with E-state index in [1.165, 1.54) is 24.9 Å². The van der Waals surface area contributed by atoms with E-state index in [-0.39, 0.29) is 6.61 Å². The van der Waals surface area contributed by atoms with Crippen LogP contribution < -0.4 is 4.90 Å². The molecule has 0 atom stereocenters. The Morgan fingerprint density at radius 3 is 2.67 bits per heavy atom. The molecule has 3 heteroatoms. The number of nitrogens with zero attached hydrogens (tertiary/aromatic N) is 2. The maximum atomic E-state index is 9.08. The predicted molar refractivity (Wildman–Crippen MR) is 73.7 cm³/mol. The fraction of sp³-hybridized carbons (Fsp3) is 0.400. The van der Waals surface area contributed by atoms with Crippen molar-refractivity contribution in [2.24, 2.45) is 0 Å². The zero-order chi connectivity index (χ0) is 12.4. The summed E-state index contributed by atoms with van der Waals surface area (Å²) in [5, 5.41) is 10.2. The van der Waals surface area contributed by atoms with E-state index in [0.29, 0.717) is 0 Å². The molecule has 1 aliphatic heterocycles. The minimum Gasteiger partial charge on any atom is -0.390 e. The number of aliphatic hydroxyl groups is 1. The van der Waals surface area contributed by atoms with Gasteiger partial charge in [0.15, 0.2) is 0 Å². The summed E-state index contributed by atoms with van der Waals surface area (Å²) in [4.78, 5) is 6.86. The van der Waals surface area contributed by atoms with Gasteiger partial charge >= 0.3 is 0 Å². The van der Waals surface area contributed by atoms with Crippen molar-refractivity contribution in [2.45, 2.75) is 25.9 Å². The predicted octanol–water partition coefficient (Wildman–Crippen LogP) is 2.72. The second-order valence-corrected chi connectivity index (χ2v) is 4.89. The summed E-state index contributed by atoms with van der Waals surface area (Å²) in [5.74, 6) is 0. The summed E-state index contributed by atoms with van der Waals surface area (Å²) in [6.45, 7) is 2.32. The number of aliphatic hydroxyl groups excluding tert-OH is 1. The summed E-state index contributed by atoms with van der Waals surface area (Å²) in [6, 6.07) is 10.3. The van der Waals surface area contributed by atoms with Gasteiger partial charge in [0, 0.05) is 24.2 Å². The zero-order valence-electron chi connectivity index (χ0n) is 10.5. The van der Waals surface area contributed by atoms with Crippen LogP contribution in [0.4, 0.5) is 5.69 Å². The van der Waals surface area contributed by atoms with Crippen LogP contribution in [0.1, 0.15) is 25.0 Å². The largest absolute Gasteiger partial charge is 0.390 e. The SMILES string of the molecule is OCc1ccc2cc(N3CCCCC3)ccc2n1. The van der Waals surface area contributed by atoms with E-state index < -0.39 is 0 Å². The molecule has 2 heterocycles. The van der Waals surface area contributed by atoms with Crippen molar-refractivity contribution in [3.8, 4) is 0 Å². The van der Waals surface area contributed by atoms with Crippen molar-refractivity contribution in [1.29, 1.82) is 0 Å². The van der Waals surface area contributed by atoms with Crippen molar-refractivity contribution in [1.82, 2.24) is 4.98 Å². The average molecular weight is 242 g/mol. The lowest BCUT2D eigenvalue weighted by Crippen LogP contribution is -2.29. The van der Waals surface area contributed by atoms with Crippen molar-refractivity contribution in [3.05, 3.63) is 36.0 Å². The Balaban J connectivity index is 1.95. The molecular formula is C15H18N2O. The van der Waals surface area contributed by atoms with Crippen LogP contribution in [0.15, 0.2) is 30.3 Å². The molecule has 3 rings (SSSR count). The van der Waals surface area contributed by atoms with Crippen molar-refractivity contribution < 1.29 is 5.11 Å².